The summed E-state index contributed by atoms with van der Waals surface area (Å²) >= 11 is 0. The van der Waals surface area contributed by atoms with E-state index in [2.05, 4.69) is 15.0 Å². The third-order valence-corrected chi connectivity index (χ3v) is 2.82. The summed E-state index contributed by atoms with van der Waals surface area (Å²) in [7, 11) is 1.35. The van der Waals surface area contributed by atoms with Gasteiger partial charge in [-0.15, -0.1) is 5.10 Å². The van der Waals surface area contributed by atoms with E-state index in [0.29, 0.717) is 11.7 Å². The number of methoxy groups -OCH3 is 1. The minimum Gasteiger partial charge on any atom is -0.466 e. The Morgan fingerprint density at radius 3 is 3.00 bits per heavy atom. The molecular formula is C11H15N3O2. The first kappa shape index (κ1) is 10.9. The Labute approximate surface area is 94.1 Å². The average Bonchev–Trinajstić information content (AvgIpc) is 2.95. The highest BCUT2D eigenvalue weighted by Crippen LogP contribution is 2.28. The van der Waals surface area contributed by atoms with E-state index in [0.717, 1.165) is 0 Å². The van der Waals surface area contributed by atoms with Gasteiger partial charge in [0.25, 0.3) is 0 Å². The molecule has 0 amide bonds. The molecule has 1 aliphatic rings. The van der Waals surface area contributed by atoms with Gasteiger partial charge in [-0.25, -0.2) is 9.48 Å². The van der Waals surface area contributed by atoms with Crippen molar-refractivity contribution in [2.75, 3.05) is 7.11 Å². The van der Waals surface area contributed by atoms with Crippen molar-refractivity contribution in [3.05, 3.63) is 18.0 Å². The molecule has 0 atom stereocenters. The first-order valence-corrected chi connectivity index (χ1v) is 5.47. The Bertz CT molecular complexity index is 392. The summed E-state index contributed by atoms with van der Waals surface area (Å²) in [5, 5.41) is 8.05. The fourth-order valence-corrected chi connectivity index (χ4v) is 1.94. The second kappa shape index (κ2) is 4.92. The zero-order valence-electron chi connectivity index (χ0n) is 9.30. The molecule has 1 aromatic heterocycles. The van der Waals surface area contributed by atoms with Crippen molar-refractivity contribution in [2.24, 2.45) is 0 Å². The van der Waals surface area contributed by atoms with Crippen LogP contribution < -0.4 is 0 Å². The van der Waals surface area contributed by atoms with Crippen LogP contribution in [0.4, 0.5) is 0 Å². The Balaban J connectivity index is 2.01. The van der Waals surface area contributed by atoms with Crippen molar-refractivity contribution in [2.45, 2.75) is 31.7 Å². The SMILES string of the molecule is COC(=O)C=Cc1cn(C2CCCC2)nn1. The van der Waals surface area contributed by atoms with Gasteiger partial charge in [-0.05, 0) is 18.9 Å². The van der Waals surface area contributed by atoms with E-state index >= 15 is 0 Å². The molecule has 5 nitrogen and oxygen atoms in total. The second-order valence-electron chi connectivity index (χ2n) is 3.92. The number of hydrogen-bond acceptors (Lipinski definition) is 4. The number of esters is 1. The van der Waals surface area contributed by atoms with Gasteiger partial charge in [0.2, 0.25) is 0 Å². The average molecular weight is 221 g/mol. The summed E-state index contributed by atoms with van der Waals surface area (Å²) in [5.41, 5.74) is 0.692. The van der Waals surface area contributed by atoms with Gasteiger partial charge in [0, 0.05) is 6.08 Å². The lowest BCUT2D eigenvalue weighted by molar-refractivity contribution is -0.134. The van der Waals surface area contributed by atoms with Gasteiger partial charge in [-0.3, -0.25) is 0 Å². The van der Waals surface area contributed by atoms with Crippen molar-refractivity contribution >= 4 is 12.0 Å². The van der Waals surface area contributed by atoms with E-state index in [-0.39, 0.29) is 5.97 Å². The Morgan fingerprint density at radius 2 is 2.31 bits per heavy atom. The molecule has 86 valence electrons. The van der Waals surface area contributed by atoms with Crippen LogP contribution in [0.1, 0.15) is 37.4 Å². The van der Waals surface area contributed by atoms with Crippen molar-refractivity contribution in [1.82, 2.24) is 15.0 Å². The largest absolute Gasteiger partial charge is 0.466 e. The molecule has 1 heterocycles. The molecule has 0 saturated heterocycles. The minimum atomic E-state index is -0.379. The molecule has 16 heavy (non-hydrogen) atoms. The van der Waals surface area contributed by atoms with Gasteiger partial charge in [0.15, 0.2) is 0 Å². The van der Waals surface area contributed by atoms with E-state index in [1.807, 2.05) is 10.9 Å². The maximum Gasteiger partial charge on any atom is 0.330 e. The molecule has 1 aliphatic carbocycles. The number of rotatable bonds is 3. The number of ether oxygens (including phenoxy) is 1. The molecule has 0 aromatic carbocycles. The van der Waals surface area contributed by atoms with Gasteiger partial charge in [-0.2, -0.15) is 0 Å². The molecule has 2 rings (SSSR count). The fraction of sp³-hybridized carbons (Fsp3) is 0.545. The summed E-state index contributed by atoms with van der Waals surface area (Å²) < 4.78 is 6.39. The number of hydrogen-bond donors (Lipinski definition) is 0. The van der Waals surface area contributed by atoms with E-state index in [4.69, 9.17) is 0 Å². The third-order valence-electron chi connectivity index (χ3n) is 2.82. The smallest absolute Gasteiger partial charge is 0.330 e. The molecule has 0 radical (unpaired) electrons. The molecule has 0 bridgehead atoms. The summed E-state index contributed by atoms with van der Waals surface area (Å²) in [6.07, 6.45) is 9.70. The van der Waals surface area contributed by atoms with Crippen LogP contribution in [0, 0.1) is 0 Å². The third kappa shape index (κ3) is 2.48. The number of carbonyl (C=O) groups excluding carboxylic acids is 1. The summed E-state index contributed by atoms with van der Waals surface area (Å²) in [6, 6.07) is 0.479. The molecule has 0 spiro atoms. The maximum absolute atomic E-state index is 10.9. The van der Waals surface area contributed by atoms with Gasteiger partial charge in [0.1, 0.15) is 5.69 Å². The molecular weight excluding hydrogens is 206 g/mol. The van der Waals surface area contributed by atoms with Crippen LogP contribution in [0.15, 0.2) is 12.3 Å². The molecule has 1 fully saturated rings. The fourth-order valence-electron chi connectivity index (χ4n) is 1.94. The topological polar surface area (TPSA) is 57.0 Å². The molecule has 0 aliphatic heterocycles. The zero-order chi connectivity index (χ0) is 11.4. The van der Waals surface area contributed by atoms with Gasteiger partial charge < -0.3 is 4.74 Å². The van der Waals surface area contributed by atoms with E-state index in [9.17, 15) is 4.79 Å². The highest BCUT2D eigenvalue weighted by atomic mass is 16.5. The van der Waals surface area contributed by atoms with Gasteiger partial charge in [0.05, 0.1) is 19.3 Å². The van der Waals surface area contributed by atoms with Crippen LogP contribution in [0.25, 0.3) is 6.08 Å². The van der Waals surface area contributed by atoms with Crippen molar-refractivity contribution < 1.29 is 9.53 Å². The lowest BCUT2D eigenvalue weighted by Gasteiger charge is -2.06. The van der Waals surface area contributed by atoms with Crippen LogP contribution in [-0.2, 0) is 9.53 Å². The lowest BCUT2D eigenvalue weighted by Crippen LogP contribution is -2.04. The van der Waals surface area contributed by atoms with Gasteiger partial charge in [-0.1, -0.05) is 18.1 Å². The maximum atomic E-state index is 10.9. The monoisotopic (exact) mass is 221 g/mol. The number of nitrogens with zero attached hydrogens (tertiary/aromatic N) is 3. The molecule has 5 heteroatoms. The van der Waals surface area contributed by atoms with Crippen LogP contribution in [-0.4, -0.2) is 28.1 Å². The minimum absolute atomic E-state index is 0.379. The van der Waals surface area contributed by atoms with E-state index in [1.165, 1.54) is 38.9 Å². The quantitative estimate of drug-likeness (QED) is 0.574. The molecule has 0 N–H and O–H groups in total. The van der Waals surface area contributed by atoms with Gasteiger partial charge >= 0.3 is 5.97 Å². The summed E-state index contributed by atoms with van der Waals surface area (Å²) in [4.78, 5) is 10.9. The molecule has 1 saturated carbocycles. The lowest BCUT2D eigenvalue weighted by atomic mass is 10.2. The van der Waals surface area contributed by atoms with Crippen LogP contribution in [0.2, 0.25) is 0 Å². The summed E-state index contributed by atoms with van der Waals surface area (Å²) in [5.74, 6) is -0.379. The van der Waals surface area contributed by atoms with Crippen LogP contribution >= 0.6 is 0 Å². The molecule has 1 aromatic rings. The number of carbonyl (C=O) groups is 1. The Hall–Kier alpha value is -1.65. The molecule has 0 unspecified atom stereocenters. The number of aromatic nitrogens is 3. The highest BCUT2D eigenvalue weighted by molar-refractivity contribution is 5.86. The first-order chi connectivity index (χ1) is 7.79. The van der Waals surface area contributed by atoms with E-state index < -0.39 is 0 Å². The standard InChI is InChI=1S/C11H15N3O2/c1-16-11(15)7-6-9-8-14(13-12-9)10-4-2-3-5-10/h6-8,10H,2-5H2,1H3. The highest BCUT2D eigenvalue weighted by Gasteiger charge is 2.17. The zero-order valence-corrected chi connectivity index (χ0v) is 9.30. The van der Waals surface area contributed by atoms with Crippen molar-refractivity contribution in [3.63, 3.8) is 0 Å². The second-order valence-corrected chi connectivity index (χ2v) is 3.92. The van der Waals surface area contributed by atoms with Crippen LogP contribution in [0.3, 0.4) is 0 Å². The predicted molar refractivity (Wildman–Crippen MR) is 58.6 cm³/mol. The summed E-state index contributed by atoms with van der Waals surface area (Å²) in [6.45, 7) is 0. The Kier molecular flexibility index (Phi) is 3.34. The normalized spacial score (nSPS) is 17.1. The van der Waals surface area contributed by atoms with E-state index in [1.54, 1.807) is 6.08 Å². The van der Waals surface area contributed by atoms with Crippen molar-refractivity contribution in [1.29, 1.82) is 0 Å². The van der Waals surface area contributed by atoms with Crippen LogP contribution in [0.5, 0.6) is 0 Å². The first-order valence-electron chi connectivity index (χ1n) is 5.47. The Morgan fingerprint density at radius 1 is 1.56 bits per heavy atom. The predicted octanol–water partition coefficient (Wildman–Crippen LogP) is 1.58. The van der Waals surface area contributed by atoms with Crippen molar-refractivity contribution in [3.8, 4) is 0 Å².